The van der Waals surface area contributed by atoms with Crippen molar-refractivity contribution in [2.45, 2.75) is 38.8 Å². The number of carbonyl (C=O) groups excluding carboxylic acids is 2. The van der Waals surface area contributed by atoms with Gasteiger partial charge in [-0.3, -0.25) is 4.90 Å². The first-order valence-corrected chi connectivity index (χ1v) is 8.94. The van der Waals surface area contributed by atoms with E-state index in [-0.39, 0.29) is 5.92 Å². The Hall–Kier alpha value is -1.76. The van der Waals surface area contributed by atoms with Gasteiger partial charge < -0.3 is 14.2 Å². The van der Waals surface area contributed by atoms with Crippen molar-refractivity contribution in [2.24, 2.45) is 5.92 Å². The number of nitrogens with zero attached hydrogens (tertiary/aromatic N) is 1. The van der Waals surface area contributed by atoms with Gasteiger partial charge >= 0.3 is 12.1 Å². The summed E-state index contributed by atoms with van der Waals surface area (Å²) < 4.78 is 17.0. The van der Waals surface area contributed by atoms with Crippen LogP contribution in [0.5, 0.6) is 5.75 Å². The van der Waals surface area contributed by atoms with E-state index < -0.39 is 23.7 Å². The Morgan fingerprint density at radius 2 is 2.04 bits per heavy atom. The van der Waals surface area contributed by atoms with Crippen molar-refractivity contribution in [3.05, 3.63) is 28.7 Å². The average molecular weight is 414 g/mol. The lowest BCUT2D eigenvalue weighted by Crippen LogP contribution is -2.43. The minimum absolute atomic E-state index is 0.0237. The molecule has 0 N–H and O–H groups in total. The monoisotopic (exact) mass is 413 g/mol. The molecule has 1 unspecified atom stereocenters. The number of hydrogen-bond acceptors (Lipinski definition) is 5. The molecule has 1 fully saturated rings. The molecule has 1 aliphatic heterocycles. The fraction of sp³-hybridized carbons (Fsp3) is 0.556. The summed E-state index contributed by atoms with van der Waals surface area (Å²) in [6.07, 6.45) is -0.0206. The lowest BCUT2D eigenvalue weighted by atomic mass is 10.1. The Balaban J connectivity index is 2.02. The van der Waals surface area contributed by atoms with E-state index in [1.807, 2.05) is 24.3 Å². The van der Waals surface area contributed by atoms with E-state index in [4.69, 9.17) is 14.2 Å². The van der Waals surface area contributed by atoms with Crippen molar-refractivity contribution in [3.63, 3.8) is 0 Å². The Kier molecular flexibility index (Phi) is 6.32. The number of amides is 1. The molecule has 25 heavy (non-hydrogen) atoms. The molecule has 138 valence electrons. The van der Waals surface area contributed by atoms with Crippen LogP contribution >= 0.6 is 15.9 Å². The first-order chi connectivity index (χ1) is 11.7. The molecule has 1 amide bonds. The number of esters is 1. The molecule has 1 saturated heterocycles. The van der Waals surface area contributed by atoms with Crippen LogP contribution in [0.15, 0.2) is 28.7 Å². The van der Waals surface area contributed by atoms with E-state index in [0.717, 1.165) is 10.2 Å². The lowest BCUT2D eigenvalue weighted by Gasteiger charge is -2.27. The van der Waals surface area contributed by atoms with Crippen LogP contribution in [0.3, 0.4) is 0 Å². The molecule has 1 aromatic carbocycles. The van der Waals surface area contributed by atoms with Crippen LogP contribution in [0.25, 0.3) is 0 Å². The molecule has 0 bridgehead atoms. The average Bonchev–Trinajstić information content (AvgIpc) is 2.95. The second-order valence-corrected chi connectivity index (χ2v) is 7.96. The van der Waals surface area contributed by atoms with Crippen molar-refractivity contribution in [1.29, 1.82) is 0 Å². The maximum Gasteiger partial charge on any atom is 0.411 e. The highest BCUT2D eigenvalue weighted by Crippen LogP contribution is 2.27. The van der Waals surface area contributed by atoms with Gasteiger partial charge in [-0.05, 0) is 45.4 Å². The normalized spacial score (nSPS) is 20.3. The van der Waals surface area contributed by atoms with Gasteiger partial charge in [-0.15, -0.1) is 0 Å². The van der Waals surface area contributed by atoms with Gasteiger partial charge in [0.05, 0.1) is 13.7 Å². The van der Waals surface area contributed by atoms with Crippen molar-refractivity contribution < 1.29 is 23.8 Å². The van der Waals surface area contributed by atoms with Crippen LogP contribution in [0.4, 0.5) is 4.79 Å². The predicted molar refractivity (Wildman–Crippen MR) is 96.5 cm³/mol. The topological polar surface area (TPSA) is 65.1 Å². The van der Waals surface area contributed by atoms with Crippen LogP contribution < -0.4 is 4.74 Å². The van der Waals surface area contributed by atoms with Gasteiger partial charge in [0.15, 0.2) is 0 Å². The molecule has 1 aromatic rings. The summed E-state index contributed by atoms with van der Waals surface area (Å²) in [5, 5.41) is 0. The number of methoxy groups -OCH3 is 1. The van der Waals surface area contributed by atoms with Crippen molar-refractivity contribution >= 4 is 28.0 Å². The molecule has 2 atom stereocenters. The fourth-order valence-corrected chi connectivity index (χ4v) is 3.07. The fourth-order valence-electron chi connectivity index (χ4n) is 2.70. The summed E-state index contributed by atoms with van der Waals surface area (Å²) in [6.45, 7) is 6.18. The maximum absolute atomic E-state index is 12.4. The van der Waals surface area contributed by atoms with Crippen molar-refractivity contribution in [1.82, 2.24) is 4.90 Å². The van der Waals surface area contributed by atoms with Gasteiger partial charge in [0, 0.05) is 16.9 Å². The number of ether oxygens (including phenoxy) is 3. The second kappa shape index (κ2) is 8.08. The summed E-state index contributed by atoms with van der Waals surface area (Å²) in [7, 11) is 1.32. The molecule has 0 aromatic heterocycles. The zero-order chi connectivity index (χ0) is 18.6. The smallest absolute Gasteiger partial charge is 0.411 e. The molecule has 0 radical (unpaired) electrons. The highest BCUT2D eigenvalue weighted by atomic mass is 79.9. The van der Waals surface area contributed by atoms with Crippen LogP contribution in [0.2, 0.25) is 0 Å². The zero-order valence-electron chi connectivity index (χ0n) is 15.0. The Morgan fingerprint density at radius 1 is 1.32 bits per heavy atom. The van der Waals surface area contributed by atoms with Gasteiger partial charge in [0.1, 0.15) is 17.4 Å². The third kappa shape index (κ3) is 5.63. The third-order valence-electron chi connectivity index (χ3n) is 3.77. The molecule has 0 saturated carbocycles. The Bertz CT molecular complexity index is 628. The molecule has 1 aliphatic rings. The summed E-state index contributed by atoms with van der Waals surface area (Å²) in [6, 6.07) is 6.90. The summed E-state index contributed by atoms with van der Waals surface area (Å²) in [5.41, 5.74) is -0.622. The number of benzene rings is 1. The first kappa shape index (κ1) is 19.6. The molecule has 6 nitrogen and oxygen atoms in total. The standard InChI is InChI=1S/C18H24BrNO5/c1-18(2,3)25-17(22)20-10-12(8-15(20)16(21)23-4)11-24-14-7-5-6-13(19)9-14/h5-7,9,12,15H,8,10-11H2,1-4H3/t12-,15?/m1/s1. The van der Waals surface area contributed by atoms with E-state index in [1.165, 1.54) is 12.0 Å². The van der Waals surface area contributed by atoms with E-state index in [0.29, 0.717) is 19.6 Å². The van der Waals surface area contributed by atoms with Crippen LogP contribution in [-0.4, -0.2) is 48.9 Å². The summed E-state index contributed by atoms with van der Waals surface area (Å²) >= 11 is 3.40. The van der Waals surface area contributed by atoms with Crippen LogP contribution in [-0.2, 0) is 14.3 Å². The van der Waals surface area contributed by atoms with Gasteiger partial charge in [0.25, 0.3) is 0 Å². The highest BCUT2D eigenvalue weighted by molar-refractivity contribution is 9.10. The minimum Gasteiger partial charge on any atom is -0.493 e. The molecule has 0 aliphatic carbocycles. The van der Waals surface area contributed by atoms with E-state index in [9.17, 15) is 9.59 Å². The van der Waals surface area contributed by atoms with E-state index >= 15 is 0 Å². The Morgan fingerprint density at radius 3 is 2.64 bits per heavy atom. The van der Waals surface area contributed by atoms with E-state index in [1.54, 1.807) is 20.8 Å². The van der Waals surface area contributed by atoms with Gasteiger partial charge in [0.2, 0.25) is 0 Å². The number of likely N-dealkylation sites (tertiary alicyclic amines) is 1. The van der Waals surface area contributed by atoms with Gasteiger partial charge in [-0.25, -0.2) is 9.59 Å². The Labute approximate surface area is 156 Å². The number of rotatable bonds is 4. The van der Waals surface area contributed by atoms with Gasteiger partial charge in [-0.1, -0.05) is 22.0 Å². The summed E-state index contributed by atoms with van der Waals surface area (Å²) in [5.74, 6) is 0.325. The second-order valence-electron chi connectivity index (χ2n) is 7.04. The minimum atomic E-state index is -0.643. The third-order valence-corrected chi connectivity index (χ3v) is 4.26. The highest BCUT2D eigenvalue weighted by Gasteiger charge is 2.42. The van der Waals surface area contributed by atoms with Gasteiger partial charge in [-0.2, -0.15) is 0 Å². The first-order valence-electron chi connectivity index (χ1n) is 8.15. The van der Waals surface area contributed by atoms with Crippen LogP contribution in [0.1, 0.15) is 27.2 Å². The molecular formula is C18H24BrNO5. The quantitative estimate of drug-likeness (QED) is 0.705. The summed E-state index contributed by atoms with van der Waals surface area (Å²) in [4.78, 5) is 25.9. The number of carbonyl (C=O) groups is 2. The molecular weight excluding hydrogens is 390 g/mol. The lowest BCUT2D eigenvalue weighted by molar-refractivity contribution is -0.145. The maximum atomic E-state index is 12.4. The van der Waals surface area contributed by atoms with Crippen LogP contribution in [0, 0.1) is 5.92 Å². The number of hydrogen-bond donors (Lipinski definition) is 0. The predicted octanol–water partition coefficient (Wildman–Crippen LogP) is 3.63. The molecule has 7 heteroatoms. The van der Waals surface area contributed by atoms with E-state index in [2.05, 4.69) is 15.9 Å². The molecule has 2 rings (SSSR count). The molecule has 0 spiro atoms. The van der Waals surface area contributed by atoms with Crippen molar-refractivity contribution in [3.8, 4) is 5.75 Å². The largest absolute Gasteiger partial charge is 0.493 e. The molecule has 1 heterocycles. The SMILES string of the molecule is COC(=O)C1C[C@@H](COc2cccc(Br)c2)CN1C(=O)OC(C)(C)C. The van der Waals surface area contributed by atoms with Crippen molar-refractivity contribution in [2.75, 3.05) is 20.3 Å². The zero-order valence-corrected chi connectivity index (χ0v) is 16.5. The number of halogens is 1.